The summed E-state index contributed by atoms with van der Waals surface area (Å²) < 4.78 is 5.93. The monoisotopic (exact) mass is 236 g/mol. The predicted molar refractivity (Wildman–Crippen MR) is 67.6 cm³/mol. The van der Waals surface area contributed by atoms with Gasteiger partial charge in [-0.1, -0.05) is 26.0 Å². The van der Waals surface area contributed by atoms with Gasteiger partial charge in [0.15, 0.2) is 0 Å². The summed E-state index contributed by atoms with van der Waals surface area (Å²) in [4.78, 5) is 0. The molecule has 0 bridgehead atoms. The molecule has 3 fully saturated rings. The average Bonchev–Trinajstić information content (AvgIpc) is 2.64. The molecule has 3 aliphatic rings. The van der Waals surface area contributed by atoms with E-state index in [1.165, 1.54) is 12.0 Å². The van der Waals surface area contributed by atoms with Crippen molar-refractivity contribution in [3.8, 4) is 0 Å². The zero-order chi connectivity index (χ0) is 12.2. The Morgan fingerprint density at radius 1 is 1.47 bits per heavy atom. The van der Waals surface area contributed by atoms with Gasteiger partial charge in [-0.3, -0.25) is 0 Å². The summed E-state index contributed by atoms with van der Waals surface area (Å²) in [7, 11) is 0. The van der Waals surface area contributed by atoms with Crippen molar-refractivity contribution in [3.05, 3.63) is 12.2 Å². The SMILES string of the molecule is C=C1CC[C@H](O)[C@]2(C)CC3OCC(C)C3C[C@H]12. The van der Waals surface area contributed by atoms with Gasteiger partial charge in [0.2, 0.25) is 0 Å². The minimum Gasteiger partial charge on any atom is -0.393 e. The van der Waals surface area contributed by atoms with Crippen LogP contribution in [0.4, 0.5) is 0 Å². The first-order valence-corrected chi connectivity index (χ1v) is 6.99. The lowest BCUT2D eigenvalue weighted by molar-refractivity contribution is -0.0931. The van der Waals surface area contributed by atoms with E-state index in [0.717, 1.165) is 25.9 Å². The Morgan fingerprint density at radius 2 is 2.24 bits per heavy atom. The van der Waals surface area contributed by atoms with Gasteiger partial charge < -0.3 is 9.84 Å². The van der Waals surface area contributed by atoms with Gasteiger partial charge in [0.25, 0.3) is 0 Å². The van der Waals surface area contributed by atoms with Crippen LogP contribution in [0.15, 0.2) is 12.2 Å². The molecule has 0 aromatic rings. The molecular formula is C15H24O2. The van der Waals surface area contributed by atoms with Crippen LogP contribution in [0.25, 0.3) is 0 Å². The van der Waals surface area contributed by atoms with E-state index in [0.29, 0.717) is 23.9 Å². The summed E-state index contributed by atoms with van der Waals surface area (Å²) in [6, 6.07) is 0. The molecule has 96 valence electrons. The molecule has 1 heterocycles. The van der Waals surface area contributed by atoms with E-state index in [9.17, 15) is 5.11 Å². The van der Waals surface area contributed by atoms with Crippen molar-refractivity contribution >= 4 is 0 Å². The Morgan fingerprint density at radius 3 is 3.00 bits per heavy atom. The van der Waals surface area contributed by atoms with Crippen LogP contribution >= 0.6 is 0 Å². The van der Waals surface area contributed by atoms with Crippen LogP contribution in [0, 0.1) is 23.2 Å². The Labute approximate surface area is 104 Å². The summed E-state index contributed by atoms with van der Waals surface area (Å²) in [5.41, 5.74) is 1.39. The first kappa shape index (κ1) is 11.7. The van der Waals surface area contributed by atoms with Crippen molar-refractivity contribution < 1.29 is 9.84 Å². The van der Waals surface area contributed by atoms with Gasteiger partial charge in [0.1, 0.15) is 0 Å². The van der Waals surface area contributed by atoms with Crippen LogP contribution in [0.5, 0.6) is 0 Å². The van der Waals surface area contributed by atoms with Crippen molar-refractivity contribution in [3.63, 3.8) is 0 Å². The zero-order valence-corrected chi connectivity index (χ0v) is 11.0. The van der Waals surface area contributed by atoms with Crippen LogP contribution < -0.4 is 0 Å². The van der Waals surface area contributed by atoms with Gasteiger partial charge >= 0.3 is 0 Å². The van der Waals surface area contributed by atoms with E-state index in [1.807, 2.05) is 0 Å². The molecule has 0 aromatic heterocycles. The van der Waals surface area contributed by atoms with E-state index in [-0.39, 0.29) is 11.5 Å². The van der Waals surface area contributed by atoms with Crippen molar-refractivity contribution in [2.24, 2.45) is 23.2 Å². The zero-order valence-electron chi connectivity index (χ0n) is 11.0. The van der Waals surface area contributed by atoms with E-state index in [4.69, 9.17) is 4.74 Å². The summed E-state index contributed by atoms with van der Waals surface area (Å²) in [5.74, 6) is 1.88. The third-order valence-corrected chi connectivity index (χ3v) is 5.72. The second-order valence-electron chi connectivity index (χ2n) is 6.72. The lowest BCUT2D eigenvalue weighted by atomic mass is 9.54. The first-order chi connectivity index (χ1) is 8.02. The summed E-state index contributed by atoms with van der Waals surface area (Å²) >= 11 is 0. The first-order valence-electron chi connectivity index (χ1n) is 6.99. The maximum atomic E-state index is 10.4. The Kier molecular flexibility index (Phi) is 2.64. The van der Waals surface area contributed by atoms with Crippen molar-refractivity contribution in [1.82, 2.24) is 0 Å². The van der Waals surface area contributed by atoms with Gasteiger partial charge in [-0.15, -0.1) is 0 Å². The van der Waals surface area contributed by atoms with Crippen LogP contribution in [0.2, 0.25) is 0 Å². The normalized spacial score (nSPS) is 54.3. The molecule has 1 aliphatic heterocycles. The van der Waals surface area contributed by atoms with E-state index in [2.05, 4.69) is 20.4 Å². The van der Waals surface area contributed by atoms with Crippen LogP contribution in [0.3, 0.4) is 0 Å². The molecule has 2 heteroatoms. The average molecular weight is 236 g/mol. The molecule has 2 nitrogen and oxygen atoms in total. The number of fused-ring (bicyclic) bond motifs is 2. The smallest absolute Gasteiger partial charge is 0.0613 e. The molecule has 0 spiro atoms. The van der Waals surface area contributed by atoms with Crippen LogP contribution in [0.1, 0.15) is 39.5 Å². The van der Waals surface area contributed by atoms with Gasteiger partial charge in [-0.25, -0.2) is 0 Å². The number of allylic oxidation sites excluding steroid dienone is 1. The molecule has 6 atom stereocenters. The molecule has 1 saturated heterocycles. The fourth-order valence-electron chi connectivity index (χ4n) is 4.43. The van der Waals surface area contributed by atoms with E-state index in [1.54, 1.807) is 0 Å². The number of hydrogen-bond acceptors (Lipinski definition) is 2. The number of aliphatic hydroxyl groups excluding tert-OH is 1. The molecule has 17 heavy (non-hydrogen) atoms. The Balaban J connectivity index is 1.90. The molecule has 0 radical (unpaired) electrons. The minimum absolute atomic E-state index is 0.0144. The highest BCUT2D eigenvalue weighted by molar-refractivity contribution is 5.17. The number of rotatable bonds is 0. The molecule has 3 unspecified atom stereocenters. The standard InChI is InChI=1S/C15H24O2/c1-9-4-5-14(16)15(3)7-13-11(6-12(9)15)10(2)8-17-13/h10-14,16H,1,4-8H2,2-3H3/t10?,11?,12-,13?,14+,15-/m1/s1. The van der Waals surface area contributed by atoms with Crippen LogP contribution in [-0.2, 0) is 4.74 Å². The quantitative estimate of drug-likeness (QED) is 0.655. The highest BCUT2D eigenvalue weighted by Crippen LogP contribution is 2.56. The highest BCUT2D eigenvalue weighted by atomic mass is 16.5. The largest absolute Gasteiger partial charge is 0.393 e. The number of ether oxygens (including phenoxy) is 1. The topological polar surface area (TPSA) is 29.5 Å². The third-order valence-electron chi connectivity index (χ3n) is 5.72. The van der Waals surface area contributed by atoms with Gasteiger partial charge in [0, 0.05) is 12.0 Å². The van der Waals surface area contributed by atoms with Crippen LogP contribution in [-0.4, -0.2) is 23.9 Å². The maximum Gasteiger partial charge on any atom is 0.0613 e. The molecule has 0 aromatic carbocycles. The fraction of sp³-hybridized carbons (Fsp3) is 0.867. The van der Waals surface area contributed by atoms with E-state index < -0.39 is 0 Å². The molecule has 0 amide bonds. The molecule has 2 saturated carbocycles. The second kappa shape index (κ2) is 3.83. The highest BCUT2D eigenvalue weighted by Gasteiger charge is 2.54. The molecule has 1 N–H and O–H groups in total. The van der Waals surface area contributed by atoms with Crippen molar-refractivity contribution in [2.45, 2.75) is 51.7 Å². The predicted octanol–water partition coefficient (Wildman–Crippen LogP) is 2.76. The van der Waals surface area contributed by atoms with Gasteiger partial charge in [-0.05, 0) is 43.4 Å². The summed E-state index contributed by atoms with van der Waals surface area (Å²) in [6.45, 7) is 9.72. The minimum atomic E-state index is -0.168. The second-order valence-corrected chi connectivity index (χ2v) is 6.72. The van der Waals surface area contributed by atoms with Crippen molar-refractivity contribution in [2.75, 3.05) is 6.61 Å². The third kappa shape index (κ3) is 1.61. The molecular weight excluding hydrogens is 212 g/mol. The fourth-order valence-corrected chi connectivity index (χ4v) is 4.43. The lowest BCUT2D eigenvalue weighted by Gasteiger charge is -2.52. The Bertz CT molecular complexity index is 338. The number of aliphatic hydroxyl groups is 1. The summed E-state index contributed by atoms with van der Waals surface area (Å²) in [6.07, 6.45) is 4.31. The Hall–Kier alpha value is -0.340. The lowest BCUT2D eigenvalue weighted by Crippen LogP contribution is -2.51. The maximum absolute atomic E-state index is 10.4. The van der Waals surface area contributed by atoms with Gasteiger partial charge in [0.05, 0.1) is 12.2 Å². The van der Waals surface area contributed by atoms with Crippen molar-refractivity contribution in [1.29, 1.82) is 0 Å². The molecule has 3 rings (SSSR count). The number of hydrogen-bond donors (Lipinski definition) is 1. The van der Waals surface area contributed by atoms with E-state index >= 15 is 0 Å². The summed E-state index contributed by atoms with van der Waals surface area (Å²) in [5, 5.41) is 10.4. The van der Waals surface area contributed by atoms with Gasteiger partial charge in [-0.2, -0.15) is 0 Å². The molecule has 2 aliphatic carbocycles.